The second-order valence-corrected chi connectivity index (χ2v) is 7.61. The van der Waals surface area contributed by atoms with Gasteiger partial charge in [-0.05, 0) is 50.9 Å². The van der Waals surface area contributed by atoms with Crippen molar-refractivity contribution in [3.8, 4) is 0 Å². The van der Waals surface area contributed by atoms with Crippen LogP contribution in [0.1, 0.15) is 60.3 Å². The molecule has 0 spiro atoms. The van der Waals surface area contributed by atoms with Gasteiger partial charge >= 0.3 is 0 Å². The van der Waals surface area contributed by atoms with E-state index in [1.54, 1.807) is 0 Å². The molecule has 1 fully saturated rings. The fraction of sp³-hybridized carbons (Fsp3) is 1.00. The van der Waals surface area contributed by atoms with Gasteiger partial charge in [0.05, 0.1) is 18.3 Å². The third kappa shape index (κ3) is 5.35. The van der Waals surface area contributed by atoms with Crippen LogP contribution in [0.4, 0.5) is 0 Å². The first-order valence-electron chi connectivity index (χ1n) is 7.64. The third-order valence-electron chi connectivity index (χ3n) is 4.37. The number of hydrogen-bond acceptors (Lipinski definition) is 2. The Balaban J connectivity index is 2.50. The molecular formula is C16H31BrO2. The van der Waals surface area contributed by atoms with E-state index >= 15 is 0 Å². The zero-order valence-electron chi connectivity index (χ0n) is 13.3. The maximum absolute atomic E-state index is 6.32. The zero-order chi connectivity index (χ0) is 14.5. The lowest BCUT2D eigenvalue weighted by Crippen LogP contribution is -2.44. The molecule has 0 aromatic rings. The highest BCUT2D eigenvalue weighted by Crippen LogP contribution is 2.43. The Morgan fingerprint density at radius 3 is 2.26 bits per heavy atom. The molecule has 0 radical (unpaired) electrons. The molecule has 0 aliphatic heterocycles. The highest BCUT2D eigenvalue weighted by Gasteiger charge is 2.39. The Morgan fingerprint density at radius 1 is 1.26 bits per heavy atom. The van der Waals surface area contributed by atoms with Crippen LogP contribution < -0.4 is 0 Å². The number of halogens is 1. The summed E-state index contributed by atoms with van der Waals surface area (Å²) >= 11 is 3.67. The third-order valence-corrected chi connectivity index (χ3v) is 5.39. The van der Waals surface area contributed by atoms with Crippen molar-refractivity contribution in [1.29, 1.82) is 0 Å². The lowest BCUT2D eigenvalue weighted by Gasteiger charge is -2.44. The summed E-state index contributed by atoms with van der Waals surface area (Å²) in [5, 5.41) is 0.938. The molecule has 1 atom stereocenters. The number of alkyl halides is 1. The molecule has 19 heavy (non-hydrogen) atoms. The summed E-state index contributed by atoms with van der Waals surface area (Å²) in [6.45, 7) is 12.7. The molecule has 3 heteroatoms. The summed E-state index contributed by atoms with van der Waals surface area (Å²) in [4.78, 5) is 0. The molecular weight excluding hydrogens is 304 g/mol. The summed E-state index contributed by atoms with van der Waals surface area (Å²) in [5.74, 6) is 0.825. The molecule has 114 valence electrons. The van der Waals surface area contributed by atoms with Gasteiger partial charge in [-0.25, -0.2) is 0 Å². The minimum Gasteiger partial charge on any atom is -0.379 e. The van der Waals surface area contributed by atoms with Crippen molar-refractivity contribution in [3.05, 3.63) is 0 Å². The Labute approximate surface area is 127 Å². The number of hydrogen-bond donors (Lipinski definition) is 0. The standard InChI is InChI=1S/C16H31BrO2/c1-6-18-11-13(2)19-16(12-17)9-7-14(8-10-16)15(3,4)5/h13-14H,6-12H2,1-5H3. The van der Waals surface area contributed by atoms with Gasteiger partial charge < -0.3 is 9.47 Å². The van der Waals surface area contributed by atoms with Crippen LogP contribution in [0.5, 0.6) is 0 Å². The molecule has 0 aromatic heterocycles. The molecule has 1 rings (SSSR count). The van der Waals surface area contributed by atoms with Gasteiger partial charge in [-0.3, -0.25) is 0 Å². The Kier molecular flexibility index (Phi) is 6.82. The Bertz CT molecular complexity index is 252. The van der Waals surface area contributed by atoms with Crippen LogP contribution in [0.25, 0.3) is 0 Å². The van der Waals surface area contributed by atoms with Gasteiger partial charge in [0.2, 0.25) is 0 Å². The van der Waals surface area contributed by atoms with Gasteiger partial charge in [-0.15, -0.1) is 0 Å². The summed E-state index contributed by atoms with van der Waals surface area (Å²) in [6.07, 6.45) is 5.06. The van der Waals surface area contributed by atoms with Crippen LogP contribution in [-0.2, 0) is 9.47 Å². The lowest BCUT2D eigenvalue weighted by atomic mass is 9.69. The second-order valence-electron chi connectivity index (χ2n) is 7.04. The highest BCUT2D eigenvalue weighted by molar-refractivity contribution is 9.09. The predicted octanol–water partition coefficient (Wildman–Crippen LogP) is 4.80. The highest BCUT2D eigenvalue weighted by atomic mass is 79.9. The Morgan fingerprint density at radius 2 is 1.84 bits per heavy atom. The molecule has 1 unspecified atom stereocenters. The topological polar surface area (TPSA) is 18.5 Å². The maximum atomic E-state index is 6.32. The van der Waals surface area contributed by atoms with Crippen LogP contribution in [0.3, 0.4) is 0 Å². The molecule has 1 aliphatic carbocycles. The van der Waals surface area contributed by atoms with Crippen molar-refractivity contribution in [3.63, 3.8) is 0 Å². The van der Waals surface area contributed by atoms with Crippen molar-refractivity contribution in [2.45, 2.75) is 72.0 Å². The van der Waals surface area contributed by atoms with Crippen molar-refractivity contribution in [1.82, 2.24) is 0 Å². The quantitative estimate of drug-likeness (QED) is 0.649. The summed E-state index contributed by atoms with van der Waals surface area (Å²) in [6, 6.07) is 0. The number of rotatable bonds is 6. The molecule has 1 saturated carbocycles. The van der Waals surface area contributed by atoms with Gasteiger partial charge in [-0.2, -0.15) is 0 Å². The monoisotopic (exact) mass is 334 g/mol. The molecule has 0 aromatic carbocycles. The molecule has 0 bridgehead atoms. The van der Waals surface area contributed by atoms with Crippen LogP contribution in [0, 0.1) is 11.3 Å². The fourth-order valence-corrected chi connectivity index (χ4v) is 3.73. The first-order valence-corrected chi connectivity index (χ1v) is 8.76. The molecule has 2 nitrogen and oxygen atoms in total. The minimum atomic E-state index is 0.0261. The first kappa shape index (κ1) is 17.5. The summed E-state index contributed by atoms with van der Waals surface area (Å²) < 4.78 is 11.8. The lowest BCUT2D eigenvalue weighted by molar-refractivity contribution is -0.123. The van der Waals surface area contributed by atoms with Crippen molar-refractivity contribution < 1.29 is 9.47 Å². The zero-order valence-corrected chi connectivity index (χ0v) is 14.9. The van der Waals surface area contributed by atoms with Gasteiger partial charge in [0.15, 0.2) is 0 Å². The minimum absolute atomic E-state index is 0.0261. The van der Waals surface area contributed by atoms with Crippen molar-refractivity contribution in [2.75, 3.05) is 18.5 Å². The second kappa shape index (κ2) is 7.42. The Hall–Kier alpha value is 0.400. The average Bonchev–Trinajstić information content (AvgIpc) is 2.36. The molecule has 1 aliphatic rings. The fourth-order valence-electron chi connectivity index (χ4n) is 3.04. The van der Waals surface area contributed by atoms with Gasteiger partial charge in [0.25, 0.3) is 0 Å². The largest absolute Gasteiger partial charge is 0.379 e. The van der Waals surface area contributed by atoms with E-state index < -0.39 is 0 Å². The van der Waals surface area contributed by atoms with E-state index in [0.29, 0.717) is 12.0 Å². The van der Waals surface area contributed by atoms with Crippen molar-refractivity contribution in [2.24, 2.45) is 11.3 Å². The SMILES string of the molecule is CCOCC(C)OC1(CBr)CCC(C(C)(C)C)CC1. The van der Waals surface area contributed by atoms with E-state index in [0.717, 1.165) is 30.7 Å². The van der Waals surface area contributed by atoms with E-state index in [1.165, 1.54) is 12.8 Å². The van der Waals surface area contributed by atoms with E-state index in [2.05, 4.69) is 43.6 Å². The van der Waals surface area contributed by atoms with E-state index in [4.69, 9.17) is 9.47 Å². The molecule has 0 heterocycles. The van der Waals surface area contributed by atoms with Gasteiger partial charge in [-0.1, -0.05) is 36.7 Å². The normalized spacial score (nSPS) is 30.3. The van der Waals surface area contributed by atoms with E-state index in [1.807, 2.05) is 6.92 Å². The van der Waals surface area contributed by atoms with Crippen LogP contribution in [0.15, 0.2) is 0 Å². The van der Waals surface area contributed by atoms with E-state index in [-0.39, 0.29) is 11.7 Å². The summed E-state index contributed by atoms with van der Waals surface area (Å²) in [7, 11) is 0. The maximum Gasteiger partial charge on any atom is 0.0788 e. The van der Waals surface area contributed by atoms with Crippen LogP contribution >= 0.6 is 15.9 Å². The predicted molar refractivity (Wildman–Crippen MR) is 85.0 cm³/mol. The van der Waals surface area contributed by atoms with Crippen LogP contribution in [-0.4, -0.2) is 30.2 Å². The van der Waals surface area contributed by atoms with Gasteiger partial charge in [0.1, 0.15) is 0 Å². The molecule has 0 amide bonds. The molecule has 0 saturated heterocycles. The first-order chi connectivity index (χ1) is 8.83. The number of ether oxygens (including phenoxy) is 2. The van der Waals surface area contributed by atoms with Crippen LogP contribution in [0.2, 0.25) is 0 Å². The smallest absolute Gasteiger partial charge is 0.0788 e. The summed E-state index contributed by atoms with van der Waals surface area (Å²) in [5.41, 5.74) is 0.452. The van der Waals surface area contributed by atoms with Crippen molar-refractivity contribution >= 4 is 15.9 Å². The molecule has 0 N–H and O–H groups in total. The van der Waals surface area contributed by atoms with Gasteiger partial charge in [0, 0.05) is 11.9 Å². The van der Waals surface area contributed by atoms with E-state index in [9.17, 15) is 0 Å². The average molecular weight is 335 g/mol.